The molecule has 3 N–H and O–H groups in total. The molecule has 0 bridgehead atoms. The van der Waals surface area contributed by atoms with Crippen LogP contribution in [0.3, 0.4) is 0 Å². The minimum atomic E-state index is -0.700. The highest BCUT2D eigenvalue weighted by Crippen LogP contribution is 2.16. The fourth-order valence-corrected chi connectivity index (χ4v) is 3.16. The van der Waals surface area contributed by atoms with E-state index >= 15 is 0 Å². The Labute approximate surface area is 177 Å². The number of unbranched alkanes of at least 4 members (excludes halogenated alkanes) is 3. The van der Waals surface area contributed by atoms with Crippen LogP contribution in [0.5, 0.6) is 5.75 Å². The third-order valence-electron chi connectivity index (χ3n) is 4.88. The standard InChI is InChI=1S/C18H27NO4.C6H14/c19-18(23-20)14-15-8-10-17(11-9-15)22-13-12-21-16-6-4-2-1-3-5-7-16;1-3-5-6-4-2/h1-2,8-11,16,18,20H,3-7,12-14,19H2;3-6H2,1-2H3/b2-1+;. The van der Waals surface area contributed by atoms with Crippen LogP contribution >= 0.6 is 0 Å². The quantitative estimate of drug-likeness (QED) is 0.158. The van der Waals surface area contributed by atoms with Crippen LogP contribution in [0.15, 0.2) is 36.4 Å². The molecule has 1 aliphatic rings. The summed E-state index contributed by atoms with van der Waals surface area (Å²) in [5.41, 5.74) is 6.49. The molecule has 5 heteroatoms. The predicted molar refractivity (Wildman–Crippen MR) is 119 cm³/mol. The summed E-state index contributed by atoms with van der Waals surface area (Å²) in [6, 6.07) is 7.60. The summed E-state index contributed by atoms with van der Waals surface area (Å²) in [4.78, 5) is 4.06. The topological polar surface area (TPSA) is 73.9 Å². The lowest BCUT2D eigenvalue weighted by molar-refractivity contribution is -0.276. The summed E-state index contributed by atoms with van der Waals surface area (Å²) in [7, 11) is 0. The highest BCUT2D eigenvalue weighted by Gasteiger charge is 2.09. The molecule has 2 rings (SSSR count). The van der Waals surface area contributed by atoms with Gasteiger partial charge < -0.3 is 15.2 Å². The van der Waals surface area contributed by atoms with Gasteiger partial charge in [0, 0.05) is 6.42 Å². The summed E-state index contributed by atoms with van der Waals surface area (Å²) in [6.45, 7) is 5.62. The Kier molecular flexibility index (Phi) is 15.4. The largest absolute Gasteiger partial charge is 0.491 e. The van der Waals surface area contributed by atoms with Crippen LogP contribution < -0.4 is 10.5 Å². The van der Waals surface area contributed by atoms with Crippen LogP contribution in [0, 0.1) is 0 Å². The first-order valence-electron chi connectivity index (χ1n) is 11.2. The third kappa shape index (κ3) is 13.4. The second-order valence-corrected chi connectivity index (χ2v) is 7.52. The van der Waals surface area contributed by atoms with Gasteiger partial charge in [-0.2, -0.15) is 0 Å². The average molecular weight is 408 g/mol. The highest BCUT2D eigenvalue weighted by atomic mass is 17.1. The first-order valence-corrected chi connectivity index (χ1v) is 11.2. The Bertz CT molecular complexity index is 514. The molecule has 0 saturated heterocycles. The molecule has 0 aromatic heterocycles. The fraction of sp³-hybridized carbons (Fsp3) is 0.667. The van der Waals surface area contributed by atoms with E-state index in [2.05, 4.69) is 30.9 Å². The molecule has 1 aromatic carbocycles. The van der Waals surface area contributed by atoms with Crippen molar-refractivity contribution in [3.63, 3.8) is 0 Å². The zero-order valence-electron chi connectivity index (χ0n) is 18.4. The molecule has 0 spiro atoms. The minimum Gasteiger partial charge on any atom is -0.491 e. The molecule has 0 amide bonds. The average Bonchev–Trinajstić information content (AvgIpc) is 2.72. The number of rotatable bonds is 11. The molecule has 5 nitrogen and oxygen atoms in total. The number of allylic oxidation sites excluding steroid dienone is 2. The lowest BCUT2D eigenvalue weighted by atomic mass is 10.0. The molecule has 0 fully saturated rings. The van der Waals surface area contributed by atoms with Gasteiger partial charge in [0.25, 0.3) is 0 Å². The van der Waals surface area contributed by atoms with Crippen LogP contribution in [0.25, 0.3) is 0 Å². The van der Waals surface area contributed by atoms with Crippen molar-refractivity contribution in [2.45, 2.75) is 90.4 Å². The number of benzene rings is 1. The summed E-state index contributed by atoms with van der Waals surface area (Å²) >= 11 is 0. The second kappa shape index (κ2) is 17.5. The van der Waals surface area contributed by atoms with E-state index in [1.807, 2.05) is 24.3 Å². The number of hydrogen-bond donors (Lipinski definition) is 2. The Balaban J connectivity index is 0.000000612. The van der Waals surface area contributed by atoms with E-state index in [-0.39, 0.29) is 0 Å². The van der Waals surface area contributed by atoms with Gasteiger partial charge in [-0.3, -0.25) is 5.26 Å². The minimum absolute atomic E-state index is 0.353. The van der Waals surface area contributed by atoms with Crippen molar-refractivity contribution in [3.8, 4) is 5.75 Å². The van der Waals surface area contributed by atoms with Crippen molar-refractivity contribution in [2.75, 3.05) is 13.2 Å². The van der Waals surface area contributed by atoms with Gasteiger partial charge in [0.05, 0.1) is 12.7 Å². The maximum atomic E-state index is 8.47. The van der Waals surface area contributed by atoms with Gasteiger partial charge in [0.2, 0.25) is 0 Å². The maximum absolute atomic E-state index is 8.47. The van der Waals surface area contributed by atoms with Crippen LogP contribution in [-0.2, 0) is 16.0 Å². The Morgan fingerprint density at radius 2 is 1.69 bits per heavy atom. The molecule has 0 saturated carbocycles. The Hall–Kier alpha value is -1.40. The number of ether oxygens (including phenoxy) is 2. The lowest BCUT2D eigenvalue weighted by Gasteiger charge is -2.18. The molecule has 29 heavy (non-hydrogen) atoms. The van der Waals surface area contributed by atoms with Gasteiger partial charge in [0.1, 0.15) is 18.6 Å². The van der Waals surface area contributed by atoms with Gasteiger partial charge in [-0.25, -0.2) is 4.89 Å². The molecule has 1 aromatic rings. The SMILES string of the molecule is CCCCCC.NC(Cc1ccc(OCCOC2CC/C=C/CCC2)cc1)OO. The van der Waals surface area contributed by atoms with E-state index in [4.69, 9.17) is 20.5 Å². The fourth-order valence-electron chi connectivity index (χ4n) is 3.16. The lowest BCUT2D eigenvalue weighted by Crippen LogP contribution is -2.24. The van der Waals surface area contributed by atoms with Crippen molar-refractivity contribution in [2.24, 2.45) is 5.73 Å². The van der Waals surface area contributed by atoms with Gasteiger partial charge in [-0.15, -0.1) is 0 Å². The van der Waals surface area contributed by atoms with Crippen LogP contribution in [0.4, 0.5) is 0 Å². The Morgan fingerprint density at radius 3 is 2.34 bits per heavy atom. The molecular weight excluding hydrogens is 366 g/mol. The van der Waals surface area contributed by atoms with Crippen LogP contribution in [-0.4, -0.2) is 30.8 Å². The van der Waals surface area contributed by atoms with Gasteiger partial charge >= 0.3 is 0 Å². The molecule has 0 aliphatic heterocycles. The van der Waals surface area contributed by atoms with E-state index in [9.17, 15) is 0 Å². The molecule has 2 atom stereocenters. The van der Waals surface area contributed by atoms with E-state index in [1.54, 1.807) is 0 Å². The zero-order valence-corrected chi connectivity index (χ0v) is 18.4. The van der Waals surface area contributed by atoms with Crippen molar-refractivity contribution >= 4 is 0 Å². The zero-order chi connectivity index (χ0) is 21.2. The van der Waals surface area contributed by atoms with Gasteiger partial charge in [-0.1, -0.05) is 63.8 Å². The number of nitrogens with two attached hydrogens (primary N) is 1. The molecule has 0 heterocycles. The second-order valence-electron chi connectivity index (χ2n) is 7.52. The van der Waals surface area contributed by atoms with Crippen molar-refractivity contribution in [3.05, 3.63) is 42.0 Å². The Morgan fingerprint density at radius 1 is 1.00 bits per heavy atom. The third-order valence-corrected chi connectivity index (χ3v) is 4.88. The van der Waals surface area contributed by atoms with Crippen LogP contribution in [0.1, 0.15) is 77.2 Å². The normalized spacial score (nSPS) is 18.7. The van der Waals surface area contributed by atoms with Crippen molar-refractivity contribution in [1.29, 1.82) is 0 Å². The van der Waals surface area contributed by atoms with E-state index < -0.39 is 6.23 Å². The summed E-state index contributed by atoms with van der Waals surface area (Å²) in [5.74, 6) is 0.802. The first-order chi connectivity index (χ1) is 14.2. The van der Waals surface area contributed by atoms with E-state index in [0.29, 0.717) is 25.7 Å². The summed E-state index contributed by atoms with van der Waals surface area (Å²) < 4.78 is 11.6. The van der Waals surface area contributed by atoms with E-state index in [0.717, 1.165) is 37.0 Å². The van der Waals surface area contributed by atoms with Crippen molar-refractivity contribution < 1.29 is 19.6 Å². The predicted octanol–water partition coefficient (Wildman–Crippen LogP) is 5.87. The van der Waals surface area contributed by atoms with Crippen LogP contribution in [0.2, 0.25) is 0 Å². The molecular formula is C24H41NO4. The summed E-state index contributed by atoms with van der Waals surface area (Å²) in [6.07, 6.45) is 15.8. The van der Waals surface area contributed by atoms with Gasteiger partial charge in [0.15, 0.2) is 0 Å². The molecule has 166 valence electrons. The van der Waals surface area contributed by atoms with Gasteiger partial charge in [-0.05, 0) is 49.8 Å². The molecule has 1 aliphatic carbocycles. The summed E-state index contributed by atoms with van der Waals surface area (Å²) in [5, 5.41) is 8.47. The van der Waals surface area contributed by atoms with Crippen molar-refractivity contribution in [1.82, 2.24) is 0 Å². The monoisotopic (exact) mass is 407 g/mol. The maximum Gasteiger partial charge on any atom is 0.145 e. The molecule has 0 radical (unpaired) electrons. The highest BCUT2D eigenvalue weighted by molar-refractivity contribution is 5.27. The van der Waals surface area contributed by atoms with E-state index in [1.165, 1.54) is 32.1 Å². The molecule has 2 unspecified atom stereocenters. The number of hydrogen-bond acceptors (Lipinski definition) is 5. The first kappa shape index (κ1) is 25.6. The smallest absolute Gasteiger partial charge is 0.145 e.